The second-order valence-electron chi connectivity index (χ2n) is 3.69. The van der Waals surface area contributed by atoms with Crippen LogP contribution in [0.1, 0.15) is 5.56 Å². The van der Waals surface area contributed by atoms with Crippen LogP contribution < -0.4 is 11.1 Å². The van der Waals surface area contributed by atoms with Gasteiger partial charge in [0.05, 0.1) is 17.6 Å². The first-order valence-electron chi connectivity index (χ1n) is 5.45. The molecule has 0 aliphatic carbocycles. The van der Waals surface area contributed by atoms with Crippen molar-refractivity contribution in [2.45, 2.75) is 0 Å². The van der Waals surface area contributed by atoms with Gasteiger partial charge in [0.25, 0.3) is 0 Å². The number of fused-ring (bicyclic) bond motifs is 1. The number of hydrogen-bond acceptors (Lipinski definition) is 5. The number of benzene rings is 1. The summed E-state index contributed by atoms with van der Waals surface area (Å²) in [6.07, 6.45) is 0. The van der Waals surface area contributed by atoms with E-state index in [-0.39, 0.29) is 5.84 Å². The zero-order valence-electron chi connectivity index (χ0n) is 9.97. The van der Waals surface area contributed by atoms with Gasteiger partial charge in [0.1, 0.15) is 0 Å². The Bertz CT molecular complexity index is 564. The highest BCUT2D eigenvalue weighted by Gasteiger charge is 2.09. The predicted molar refractivity (Wildman–Crippen MR) is 69.0 cm³/mol. The van der Waals surface area contributed by atoms with Crippen LogP contribution in [0.25, 0.3) is 11.0 Å². The highest BCUT2D eigenvalue weighted by Crippen LogP contribution is 2.18. The predicted octanol–water partition coefficient (Wildman–Crippen LogP) is 0.716. The van der Waals surface area contributed by atoms with Crippen LogP contribution in [0, 0.1) is 0 Å². The van der Waals surface area contributed by atoms with Gasteiger partial charge in [0.15, 0.2) is 5.84 Å². The molecule has 0 atom stereocenters. The molecule has 0 bridgehead atoms. The summed E-state index contributed by atoms with van der Waals surface area (Å²) in [6, 6.07) is 5.41. The Kier molecular flexibility index (Phi) is 3.63. The van der Waals surface area contributed by atoms with E-state index < -0.39 is 0 Å². The number of nitrogens with one attached hydrogen (secondary N) is 2. The number of aromatic amines is 1. The summed E-state index contributed by atoms with van der Waals surface area (Å²) in [4.78, 5) is 7.44. The molecule has 0 unspecified atom stereocenters. The van der Waals surface area contributed by atoms with Gasteiger partial charge in [0, 0.05) is 19.2 Å². The number of amidine groups is 1. The van der Waals surface area contributed by atoms with Gasteiger partial charge in [-0.15, -0.1) is 0 Å². The lowest BCUT2D eigenvalue weighted by Gasteiger charge is -2.00. The third kappa shape index (κ3) is 2.35. The number of aromatic nitrogens is 2. The van der Waals surface area contributed by atoms with E-state index in [9.17, 15) is 0 Å². The molecule has 0 amide bonds. The molecule has 0 fully saturated rings. The summed E-state index contributed by atoms with van der Waals surface area (Å²) < 4.78 is 4.94. The average molecular weight is 249 g/mol. The minimum atomic E-state index is 0.0488. The van der Waals surface area contributed by atoms with E-state index in [1.54, 1.807) is 19.2 Å². The largest absolute Gasteiger partial charge is 0.409 e. The Labute approximate surface area is 104 Å². The van der Waals surface area contributed by atoms with Gasteiger partial charge in [-0.3, -0.25) is 0 Å². The summed E-state index contributed by atoms with van der Waals surface area (Å²) in [5, 5.41) is 14.8. The number of anilines is 1. The summed E-state index contributed by atoms with van der Waals surface area (Å²) >= 11 is 0. The van der Waals surface area contributed by atoms with E-state index in [1.807, 2.05) is 6.07 Å². The lowest BCUT2D eigenvalue weighted by atomic mass is 10.2. The quantitative estimate of drug-likeness (QED) is 0.205. The molecule has 1 aromatic heterocycles. The maximum absolute atomic E-state index is 8.72. The highest BCUT2D eigenvalue weighted by atomic mass is 16.5. The summed E-state index contributed by atoms with van der Waals surface area (Å²) in [7, 11) is 1.64. The van der Waals surface area contributed by atoms with E-state index in [4.69, 9.17) is 15.7 Å². The van der Waals surface area contributed by atoms with Crippen molar-refractivity contribution in [2.24, 2.45) is 10.9 Å². The van der Waals surface area contributed by atoms with Crippen molar-refractivity contribution in [3.8, 4) is 0 Å². The molecule has 0 saturated heterocycles. The lowest BCUT2D eigenvalue weighted by Crippen LogP contribution is -2.13. The number of imidazole rings is 1. The summed E-state index contributed by atoms with van der Waals surface area (Å²) in [5.41, 5.74) is 7.69. The van der Waals surface area contributed by atoms with Crippen LogP contribution in [-0.4, -0.2) is 41.3 Å². The fraction of sp³-hybridized carbons (Fsp3) is 0.273. The van der Waals surface area contributed by atoms with Crippen molar-refractivity contribution < 1.29 is 9.94 Å². The Morgan fingerprint density at radius 1 is 1.61 bits per heavy atom. The Morgan fingerprint density at radius 3 is 3.17 bits per heavy atom. The van der Waals surface area contributed by atoms with Crippen LogP contribution in [-0.2, 0) is 4.74 Å². The molecule has 2 aromatic rings. The number of H-pyrrole nitrogens is 1. The Balaban J connectivity index is 2.32. The minimum Gasteiger partial charge on any atom is -0.409 e. The molecule has 0 aliphatic rings. The van der Waals surface area contributed by atoms with Crippen molar-refractivity contribution in [2.75, 3.05) is 25.6 Å². The molecule has 96 valence electrons. The van der Waals surface area contributed by atoms with Crippen molar-refractivity contribution in [1.82, 2.24) is 9.97 Å². The van der Waals surface area contributed by atoms with E-state index in [0.717, 1.165) is 11.0 Å². The van der Waals surface area contributed by atoms with E-state index in [0.29, 0.717) is 24.7 Å². The molecule has 18 heavy (non-hydrogen) atoms. The second kappa shape index (κ2) is 5.37. The first kappa shape index (κ1) is 12.2. The van der Waals surface area contributed by atoms with Gasteiger partial charge >= 0.3 is 0 Å². The fourth-order valence-electron chi connectivity index (χ4n) is 1.65. The molecule has 1 aromatic carbocycles. The molecular formula is C11H15N5O2. The van der Waals surface area contributed by atoms with Gasteiger partial charge in [-0.05, 0) is 12.1 Å². The molecule has 0 radical (unpaired) electrons. The standard InChI is InChI=1S/C11H15N5O2/c1-18-6-5-13-11-14-8-4-2-3-7(9(8)15-11)10(12)16-17/h2-4,17H,5-6H2,1H3,(H2,12,16)(H2,13,14,15). The molecule has 2 rings (SSSR count). The molecule has 0 aliphatic heterocycles. The molecule has 0 spiro atoms. The topological polar surface area (TPSA) is 109 Å². The van der Waals surface area contributed by atoms with Crippen molar-refractivity contribution >= 4 is 22.8 Å². The maximum atomic E-state index is 8.72. The molecule has 0 saturated carbocycles. The number of ether oxygens (including phenoxy) is 1. The second-order valence-corrected chi connectivity index (χ2v) is 3.69. The number of nitrogens with two attached hydrogens (primary N) is 1. The van der Waals surface area contributed by atoms with Gasteiger partial charge in [-0.1, -0.05) is 11.2 Å². The van der Waals surface area contributed by atoms with Crippen molar-refractivity contribution in [3.05, 3.63) is 23.8 Å². The maximum Gasteiger partial charge on any atom is 0.201 e. The lowest BCUT2D eigenvalue weighted by molar-refractivity contribution is 0.210. The van der Waals surface area contributed by atoms with Gasteiger partial charge in [-0.2, -0.15) is 0 Å². The third-order valence-corrected chi connectivity index (χ3v) is 2.50. The monoisotopic (exact) mass is 249 g/mol. The molecule has 7 nitrogen and oxygen atoms in total. The Hall–Kier alpha value is -2.28. The van der Waals surface area contributed by atoms with Gasteiger partial charge in [0.2, 0.25) is 5.95 Å². The Morgan fingerprint density at radius 2 is 2.44 bits per heavy atom. The number of hydrogen-bond donors (Lipinski definition) is 4. The zero-order valence-corrected chi connectivity index (χ0v) is 9.97. The van der Waals surface area contributed by atoms with Crippen LogP contribution in [0.5, 0.6) is 0 Å². The van der Waals surface area contributed by atoms with E-state index in [2.05, 4.69) is 20.4 Å². The molecular weight excluding hydrogens is 234 g/mol. The zero-order chi connectivity index (χ0) is 13.0. The first-order valence-corrected chi connectivity index (χ1v) is 5.45. The number of methoxy groups -OCH3 is 1. The van der Waals surface area contributed by atoms with Crippen LogP contribution in [0.2, 0.25) is 0 Å². The van der Waals surface area contributed by atoms with E-state index in [1.165, 1.54) is 0 Å². The normalized spacial score (nSPS) is 11.9. The number of nitrogens with zero attached hydrogens (tertiary/aromatic N) is 2. The smallest absolute Gasteiger partial charge is 0.201 e. The highest BCUT2D eigenvalue weighted by molar-refractivity contribution is 6.07. The number of rotatable bonds is 5. The summed E-state index contributed by atoms with van der Waals surface area (Å²) in [5.74, 6) is 0.674. The minimum absolute atomic E-state index is 0.0488. The third-order valence-electron chi connectivity index (χ3n) is 2.50. The fourth-order valence-corrected chi connectivity index (χ4v) is 1.65. The van der Waals surface area contributed by atoms with Crippen molar-refractivity contribution in [3.63, 3.8) is 0 Å². The molecule has 7 heteroatoms. The van der Waals surface area contributed by atoms with Crippen molar-refractivity contribution in [1.29, 1.82) is 0 Å². The first-order chi connectivity index (χ1) is 8.76. The summed E-state index contributed by atoms with van der Waals surface area (Å²) in [6.45, 7) is 1.24. The molecule has 5 N–H and O–H groups in total. The SMILES string of the molecule is COCCNc1nc2cccc(C(N)=NO)c2[nH]1. The van der Waals surface area contributed by atoms with Crippen LogP contribution in [0.4, 0.5) is 5.95 Å². The van der Waals surface area contributed by atoms with Crippen LogP contribution >= 0.6 is 0 Å². The van der Waals surface area contributed by atoms with Gasteiger partial charge in [-0.25, -0.2) is 4.98 Å². The van der Waals surface area contributed by atoms with E-state index >= 15 is 0 Å². The molecule has 1 heterocycles. The number of oxime groups is 1. The number of para-hydroxylation sites is 1. The van der Waals surface area contributed by atoms with Crippen LogP contribution in [0.3, 0.4) is 0 Å². The average Bonchev–Trinajstić information content (AvgIpc) is 2.80. The van der Waals surface area contributed by atoms with Gasteiger partial charge < -0.3 is 26.0 Å². The van der Waals surface area contributed by atoms with Crippen LogP contribution in [0.15, 0.2) is 23.4 Å².